The van der Waals surface area contributed by atoms with Crippen LogP contribution in [0.15, 0.2) is 48.5 Å². The Labute approximate surface area is 205 Å². The van der Waals surface area contributed by atoms with Crippen molar-refractivity contribution in [2.45, 2.75) is 57.8 Å². The second-order valence-electron chi connectivity index (χ2n) is 10.5. The summed E-state index contributed by atoms with van der Waals surface area (Å²) in [6.45, 7) is 5.39. The summed E-state index contributed by atoms with van der Waals surface area (Å²) in [5.74, 6) is 0.0856. The molecule has 2 fully saturated rings. The van der Waals surface area contributed by atoms with Crippen molar-refractivity contribution in [3.63, 3.8) is 0 Å². The van der Waals surface area contributed by atoms with Crippen LogP contribution in [-0.2, 0) is 28.4 Å². The van der Waals surface area contributed by atoms with Crippen molar-refractivity contribution in [3.05, 3.63) is 70.8 Å². The zero-order chi connectivity index (χ0) is 26.5. The lowest BCUT2D eigenvalue weighted by atomic mass is 9.90. The van der Waals surface area contributed by atoms with E-state index in [2.05, 4.69) is 0 Å². The molecular formula is C26H27F6NO3. The van der Waals surface area contributed by atoms with Crippen LogP contribution in [0.2, 0.25) is 0 Å². The summed E-state index contributed by atoms with van der Waals surface area (Å²) in [5.41, 5.74) is -3.30. The highest BCUT2D eigenvalue weighted by molar-refractivity contribution is 5.70. The van der Waals surface area contributed by atoms with E-state index in [0.29, 0.717) is 18.7 Å². The Morgan fingerprint density at radius 2 is 1.56 bits per heavy atom. The van der Waals surface area contributed by atoms with Gasteiger partial charge >= 0.3 is 18.4 Å². The first-order valence-electron chi connectivity index (χ1n) is 11.5. The maximum Gasteiger partial charge on any atom is 0.416 e. The second kappa shape index (κ2) is 8.97. The molecule has 1 aliphatic carbocycles. The Hall–Kier alpha value is -2.75. The minimum Gasteiger partial charge on any atom is -0.444 e. The first kappa shape index (κ1) is 26.3. The second-order valence-corrected chi connectivity index (χ2v) is 10.5. The number of rotatable bonds is 5. The van der Waals surface area contributed by atoms with Crippen molar-refractivity contribution in [2.75, 3.05) is 13.2 Å². The van der Waals surface area contributed by atoms with E-state index in [9.17, 15) is 31.1 Å². The Balaban J connectivity index is 1.55. The number of carbonyl (C=O) groups is 1. The van der Waals surface area contributed by atoms with Crippen molar-refractivity contribution in [1.82, 2.24) is 4.90 Å². The highest BCUT2D eigenvalue weighted by Crippen LogP contribution is 2.67. The highest BCUT2D eigenvalue weighted by atomic mass is 19.4. The van der Waals surface area contributed by atoms with Gasteiger partial charge in [0.05, 0.1) is 30.4 Å². The summed E-state index contributed by atoms with van der Waals surface area (Å²) in [7, 11) is 0. The summed E-state index contributed by atoms with van der Waals surface area (Å²) < 4.78 is 90.5. The predicted molar refractivity (Wildman–Crippen MR) is 119 cm³/mol. The van der Waals surface area contributed by atoms with Crippen molar-refractivity contribution in [3.8, 4) is 0 Å². The fourth-order valence-electron chi connectivity index (χ4n) is 5.00. The normalized spacial score (nSPS) is 24.0. The molecule has 0 spiro atoms. The molecule has 1 saturated carbocycles. The third-order valence-electron chi connectivity index (χ3n) is 6.58. The number of nitrogens with zero attached hydrogens (tertiary/aromatic N) is 1. The van der Waals surface area contributed by atoms with Gasteiger partial charge in [-0.3, -0.25) is 0 Å². The standard InChI is InChI=1S/C26H27F6NO3/c1-23(2,3)36-22(34)33-13-20-12-24(20,21(33)17-7-5-4-6-8-17)15-35-14-16-9-18(25(27,28)29)11-19(10-16)26(30,31)32/h4-11,20-21H,12-15H2,1-3H3/t20?,21-,24-/m0/s1. The number of hydrogen-bond acceptors (Lipinski definition) is 3. The zero-order valence-electron chi connectivity index (χ0n) is 20.0. The van der Waals surface area contributed by atoms with Gasteiger partial charge in [-0.05, 0) is 62.4 Å². The fraction of sp³-hybridized carbons (Fsp3) is 0.500. The molecule has 1 unspecified atom stereocenters. The molecule has 2 aliphatic rings. The average Bonchev–Trinajstić information content (AvgIpc) is 3.35. The van der Waals surface area contributed by atoms with Gasteiger partial charge in [0.25, 0.3) is 0 Å². The predicted octanol–water partition coefficient (Wildman–Crippen LogP) is 7.24. The largest absolute Gasteiger partial charge is 0.444 e. The number of hydrogen-bond donors (Lipinski definition) is 0. The lowest BCUT2D eigenvalue weighted by Gasteiger charge is -2.34. The summed E-state index contributed by atoms with van der Waals surface area (Å²) >= 11 is 0. The van der Waals surface area contributed by atoms with Crippen LogP contribution in [0, 0.1) is 11.3 Å². The van der Waals surface area contributed by atoms with E-state index in [1.807, 2.05) is 30.3 Å². The summed E-state index contributed by atoms with van der Waals surface area (Å²) in [6, 6.07) is 10.4. The van der Waals surface area contributed by atoms with E-state index in [-0.39, 0.29) is 30.2 Å². The van der Waals surface area contributed by atoms with Crippen LogP contribution in [0.1, 0.15) is 55.5 Å². The van der Waals surface area contributed by atoms with Gasteiger partial charge in [0.15, 0.2) is 0 Å². The molecule has 36 heavy (non-hydrogen) atoms. The number of benzene rings is 2. The molecule has 2 aromatic carbocycles. The van der Waals surface area contributed by atoms with Gasteiger partial charge in [0.2, 0.25) is 0 Å². The zero-order valence-corrected chi connectivity index (χ0v) is 20.0. The molecule has 4 nitrogen and oxygen atoms in total. The molecule has 1 saturated heterocycles. The van der Waals surface area contributed by atoms with Crippen LogP contribution < -0.4 is 0 Å². The fourth-order valence-corrected chi connectivity index (χ4v) is 5.00. The molecule has 1 aliphatic heterocycles. The lowest BCUT2D eigenvalue weighted by molar-refractivity contribution is -0.143. The number of carbonyl (C=O) groups excluding carboxylic acids is 1. The lowest BCUT2D eigenvalue weighted by Crippen LogP contribution is -2.40. The van der Waals surface area contributed by atoms with Crippen molar-refractivity contribution in [1.29, 1.82) is 0 Å². The van der Waals surface area contributed by atoms with Gasteiger partial charge < -0.3 is 14.4 Å². The quantitative estimate of drug-likeness (QED) is 0.394. The van der Waals surface area contributed by atoms with Gasteiger partial charge in [-0.15, -0.1) is 0 Å². The number of alkyl halides is 6. The Morgan fingerprint density at radius 1 is 0.972 bits per heavy atom. The number of amides is 1. The molecule has 0 aromatic heterocycles. The summed E-state index contributed by atoms with van der Waals surface area (Å²) in [5, 5.41) is 0. The van der Waals surface area contributed by atoms with Crippen LogP contribution in [0.5, 0.6) is 0 Å². The number of piperidine rings is 1. The van der Waals surface area contributed by atoms with Gasteiger partial charge in [-0.1, -0.05) is 30.3 Å². The van der Waals surface area contributed by atoms with Crippen molar-refractivity contribution < 1.29 is 40.6 Å². The topological polar surface area (TPSA) is 38.8 Å². The van der Waals surface area contributed by atoms with Crippen LogP contribution in [0.3, 0.4) is 0 Å². The molecule has 2 aromatic rings. The summed E-state index contributed by atoms with van der Waals surface area (Å²) in [4.78, 5) is 14.6. The highest BCUT2D eigenvalue weighted by Gasteiger charge is 2.67. The van der Waals surface area contributed by atoms with E-state index in [1.54, 1.807) is 25.7 Å². The van der Waals surface area contributed by atoms with E-state index < -0.39 is 47.2 Å². The van der Waals surface area contributed by atoms with Crippen LogP contribution in [0.4, 0.5) is 31.1 Å². The Kier molecular flexibility index (Phi) is 6.56. The van der Waals surface area contributed by atoms with Crippen LogP contribution in [0.25, 0.3) is 0 Å². The Bertz CT molecular complexity index is 1080. The smallest absolute Gasteiger partial charge is 0.416 e. The third kappa shape index (κ3) is 5.48. The maximum atomic E-state index is 13.2. The maximum absolute atomic E-state index is 13.2. The number of ether oxygens (including phenoxy) is 2. The first-order valence-corrected chi connectivity index (χ1v) is 11.5. The molecule has 0 N–H and O–H groups in total. The van der Waals surface area contributed by atoms with Crippen molar-refractivity contribution >= 4 is 6.09 Å². The molecule has 196 valence electrons. The minimum absolute atomic E-state index is 0.0775. The number of likely N-dealkylation sites (tertiary alicyclic amines) is 1. The molecule has 0 bridgehead atoms. The molecule has 1 heterocycles. The van der Waals surface area contributed by atoms with Gasteiger partial charge in [0.1, 0.15) is 5.60 Å². The van der Waals surface area contributed by atoms with E-state index >= 15 is 0 Å². The Morgan fingerprint density at radius 3 is 2.08 bits per heavy atom. The van der Waals surface area contributed by atoms with Crippen LogP contribution >= 0.6 is 0 Å². The third-order valence-corrected chi connectivity index (χ3v) is 6.58. The molecule has 1 amide bonds. The first-order chi connectivity index (χ1) is 16.6. The molecule has 3 atom stereocenters. The SMILES string of the molecule is CC(C)(C)OC(=O)N1CC2C[C@@]2(COCc2cc(C(F)(F)F)cc(C(F)(F)F)c2)[C@@H]1c1ccccc1. The molecule has 4 rings (SSSR count). The molecule has 10 heteroatoms. The monoisotopic (exact) mass is 515 g/mol. The van der Waals surface area contributed by atoms with E-state index in [0.717, 1.165) is 12.0 Å². The van der Waals surface area contributed by atoms with E-state index in [1.165, 1.54) is 0 Å². The minimum atomic E-state index is -4.92. The van der Waals surface area contributed by atoms with Crippen LogP contribution in [-0.4, -0.2) is 29.7 Å². The van der Waals surface area contributed by atoms with Crippen molar-refractivity contribution in [2.24, 2.45) is 11.3 Å². The van der Waals surface area contributed by atoms with Gasteiger partial charge in [-0.2, -0.15) is 26.3 Å². The molecule has 0 radical (unpaired) electrons. The van der Waals surface area contributed by atoms with Gasteiger partial charge in [-0.25, -0.2) is 4.79 Å². The van der Waals surface area contributed by atoms with E-state index in [4.69, 9.17) is 9.47 Å². The number of halogens is 6. The molecular weight excluding hydrogens is 488 g/mol. The van der Waals surface area contributed by atoms with Gasteiger partial charge in [0, 0.05) is 12.0 Å². The number of fused-ring (bicyclic) bond motifs is 1. The summed E-state index contributed by atoms with van der Waals surface area (Å²) in [6.07, 6.45) is -9.60. The average molecular weight is 515 g/mol.